The van der Waals surface area contributed by atoms with Crippen molar-refractivity contribution in [3.8, 4) is 11.5 Å². The van der Waals surface area contributed by atoms with Crippen LogP contribution in [0.4, 0.5) is 11.4 Å². The van der Waals surface area contributed by atoms with Crippen LogP contribution in [0, 0.1) is 11.8 Å². The number of amides is 3. The Morgan fingerprint density at radius 1 is 0.943 bits per heavy atom. The van der Waals surface area contributed by atoms with Gasteiger partial charge in [-0.1, -0.05) is 35.9 Å². The second-order valence-electron chi connectivity index (χ2n) is 9.22. The van der Waals surface area contributed by atoms with Crippen molar-refractivity contribution in [2.75, 3.05) is 10.2 Å². The van der Waals surface area contributed by atoms with Gasteiger partial charge in [-0.15, -0.1) is 0 Å². The molecule has 8 nitrogen and oxygen atoms in total. The maximum Gasteiger partial charge on any atom is 0.291 e. The van der Waals surface area contributed by atoms with Gasteiger partial charge in [0, 0.05) is 17.0 Å². The number of carbonyl (C=O) groups excluding carboxylic acids is 3. The van der Waals surface area contributed by atoms with Crippen molar-refractivity contribution in [1.29, 1.82) is 0 Å². The third kappa shape index (κ3) is 3.00. The topological polar surface area (TPSA) is 124 Å². The van der Waals surface area contributed by atoms with E-state index in [9.17, 15) is 24.6 Å². The van der Waals surface area contributed by atoms with Gasteiger partial charge in [-0.2, -0.15) is 0 Å². The molecule has 3 aromatic carbocycles. The summed E-state index contributed by atoms with van der Waals surface area (Å²) in [5.74, 6) is -3.34. The number of anilines is 2. The van der Waals surface area contributed by atoms with Gasteiger partial charge in [-0.3, -0.25) is 14.4 Å². The second kappa shape index (κ2) is 7.56. The lowest BCUT2D eigenvalue weighted by Gasteiger charge is -2.26. The zero-order valence-corrected chi connectivity index (χ0v) is 19.1. The molecule has 176 valence electrons. The molecule has 0 unspecified atom stereocenters. The smallest absolute Gasteiger partial charge is 0.291 e. The highest BCUT2D eigenvalue weighted by Crippen LogP contribution is 2.50. The Morgan fingerprint density at radius 2 is 1.69 bits per heavy atom. The molecule has 3 aliphatic heterocycles. The van der Waals surface area contributed by atoms with Crippen LogP contribution in [0.15, 0.2) is 66.7 Å². The molecule has 0 aromatic heterocycles. The monoisotopic (exact) mass is 490 g/mol. The molecule has 0 saturated carbocycles. The SMILES string of the molecule is O=C1[C@H]2[C@@H](C(=O)N1c1ccc(Cl)cc1)[C@]1([NH2+][C@@H]2Cc2ccc(O)c(O)c2)C(=O)Nc2ccccc21. The number of halogens is 1. The van der Waals surface area contributed by atoms with Gasteiger partial charge in [0.05, 0.1) is 11.4 Å². The molecule has 0 aliphatic carbocycles. The summed E-state index contributed by atoms with van der Waals surface area (Å²) in [6.45, 7) is 0. The molecule has 0 radical (unpaired) electrons. The minimum absolute atomic E-state index is 0.247. The van der Waals surface area contributed by atoms with Crippen LogP contribution in [-0.4, -0.2) is 34.0 Å². The fourth-order valence-corrected chi connectivity index (χ4v) is 6.05. The first-order valence-electron chi connectivity index (χ1n) is 11.2. The van der Waals surface area contributed by atoms with Crippen molar-refractivity contribution < 1.29 is 29.9 Å². The predicted octanol–water partition coefficient (Wildman–Crippen LogP) is 1.89. The van der Waals surface area contributed by atoms with E-state index in [1.807, 2.05) is 23.5 Å². The number of rotatable bonds is 3. The van der Waals surface area contributed by atoms with Crippen molar-refractivity contribution in [3.63, 3.8) is 0 Å². The van der Waals surface area contributed by atoms with Crippen LogP contribution < -0.4 is 15.5 Å². The number of hydrogen-bond donors (Lipinski definition) is 4. The maximum absolute atomic E-state index is 13.9. The van der Waals surface area contributed by atoms with Gasteiger partial charge in [-0.05, 0) is 48.0 Å². The highest BCUT2D eigenvalue weighted by atomic mass is 35.5. The molecule has 5 N–H and O–H groups in total. The molecule has 3 heterocycles. The number of fused-ring (bicyclic) bond motifs is 4. The molecule has 3 amide bonds. The van der Waals surface area contributed by atoms with E-state index in [1.54, 1.807) is 36.4 Å². The van der Waals surface area contributed by atoms with E-state index < -0.39 is 29.3 Å². The van der Waals surface area contributed by atoms with E-state index in [2.05, 4.69) is 5.32 Å². The van der Waals surface area contributed by atoms with Gasteiger partial charge in [0.25, 0.3) is 5.91 Å². The average molecular weight is 491 g/mol. The van der Waals surface area contributed by atoms with Crippen molar-refractivity contribution >= 4 is 40.7 Å². The number of aromatic hydroxyl groups is 2. The Hall–Kier alpha value is -3.88. The fraction of sp³-hybridized carbons (Fsp3) is 0.192. The van der Waals surface area contributed by atoms with Crippen molar-refractivity contribution in [2.45, 2.75) is 18.0 Å². The van der Waals surface area contributed by atoms with Crippen molar-refractivity contribution in [1.82, 2.24) is 0 Å². The number of nitrogens with one attached hydrogen (secondary N) is 1. The number of quaternary nitrogens is 1. The minimum Gasteiger partial charge on any atom is -0.504 e. The van der Waals surface area contributed by atoms with Crippen molar-refractivity contribution in [2.24, 2.45) is 11.8 Å². The molecule has 0 bridgehead atoms. The van der Waals surface area contributed by atoms with E-state index in [4.69, 9.17) is 11.6 Å². The van der Waals surface area contributed by atoms with E-state index in [-0.39, 0.29) is 23.3 Å². The van der Waals surface area contributed by atoms with Crippen LogP contribution in [0.3, 0.4) is 0 Å². The quantitative estimate of drug-likeness (QED) is 0.330. The van der Waals surface area contributed by atoms with Crippen LogP contribution in [0.1, 0.15) is 11.1 Å². The van der Waals surface area contributed by atoms with Gasteiger partial charge in [-0.25, -0.2) is 4.90 Å². The summed E-state index contributed by atoms with van der Waals surface area (Å²) >= 11 is 6.01. The Bertz CT molecular complexity index is 1410. The molecule has 9 heteroatoms. The number of phenols is 2. The number of nitrogens with zero attached hydrogens (tertiary/aromatic N) is 1. The molecule has 3 aliphatic rings. The molecule has 2 fully saturated rings. The molecular formula is C26H21ClN3O5+. The van der Waals surface area contributed by atoms with Gasteiger partial charge in [0.1, 0.15) is 17.9 Å². The summed E-state index contributed by atoms with van der Waals surface area (Å²) in [4.78, 5) is 42.4. The standard InChI is InChI=1S/C26H20ClN3O5/c27-14-6-8-15(9-7-14)30-23(33)21-18(11-13-5-10-19(31)20(32)12-13)29-26(22(21)24(30)34)16-3-1-2-4-17(16)28-25(26)35/h1-10,12,18,21-22,29,31-32H,11H2,(H,28,35)/p+1/t18-,21-,22+,26+/m1/s1. The number of nitrogens with two attached hydrogens (primary N) is 1. The number of hydrogen-bond acceptors (Lipinski definition) is 5. The molecule has 35 heavy (non-hydrogen) atoms. The number of para-hydroxylation sites is 1. The number of benzene rings is 3. The zero-order valence-electron chi connectivity index (χ0n) is 18.3. The van der Waals surface area contributed by atoms with Gasteiger partial charge < -0.3 is 20.8 Å². The van der Waals surface area contributed by atoms with E-state index >= 15 is 0 Å². The zero-order chi connectivity index (χ0) is 24.5. The molecule has 4 atom stereocenters. The number of carbonyl (C=O) groups is 3. The first-order chi connectivity index (χ1) is 16.8. The highest BCUT2D eigenvalue weighted by molar-refractivity contribution is 6.31. The lowest BCUT2D eigenvalue weighted by molar-refractivity contribution is -0.733. The van der Waals surface area contributed by atoms with Gasteiger partial charge in [0.15, 0.2) is 11.5 Å². The summed E-state index contributed by atoms with van der Waals surface area (Å²) in [5.41, 5.74) is 1.09. The van der Waals surface area contributed by atoms with Crippen LogP contribution in [-0.2, 0) is 26.3 Å². The lowest BCUT2D eigenvalue weighted by atomic mass is 9.76. The molecule has 6 rings (SSSR count). The average Bonchev–Trinajstić information content (AvgIpc) is 3.42. The minimum atomic E-state index is -1.29. The molecule has 2 saturated heterocycles. The van der Waals surface area contributed by atoms with Crippen molar-refractivity contribution in [3.05, 3.63) is 82.9 Å². The first kappa shape index (κ1) is 21.6. The van der Waals surface area contributed by atoms with Gasteiger partial charge >= 0.3 is 0 Å². The van der Waals surface area contributed by atoms with Crippen LogP contribution in [0.25, 0.3) is 0 Å². The maximum atomic E-state index is 13.9. The summed E-state index contributed by atoms with van der Waals surface area (Å²) in [5, 5.41) is 24.9. The third-order valence-corrected chi connectivity index (χ3v) is 7.62. The Kier molecular flexibility index (Phi) is 4.67. The van der Waals surface area contributed by atoms with E-state index in [0.29, 0.717) is 33.9 Å². The molecule has 3 aromatic rings. The van der Waals surface area contributed by atoms with E-state index in [0.717, 1.165) is 4.90 Å². The summed E-state index contributed by atoms with van der Waals surface area (Å²) in [6, 6.07) is 17.7. The normalized spacial score (nSPS) is 26.8. The molecule has 1 spiro atoms. The Morgan fingerprint density at radius 3 is 2.43 bits per heavy atom. The largest absolute Gasteiger partial charge is 0.504 e. The van der Waals surface area contributed by atoms with Crippen LogP contribution >= 0.6 is 11.6 Å². The number of phenolic OH excluding ortho intramolecular Hbond substituents is 2. The summed E-state index contributed by atoms with van der Waals surface area (Å²) in [7, 11) is 0. The van der Waals surface area contributed by atoms with Crippen LogP contribution in [0.5, 0.6) is 11.5 Å². The first-order valence-corrected chi connectivity index (χ1v) is 11.6. The second-order valence-corrected chi connectivity index (χ2v) is 9.65. The summed E-state index contributed by atoms with van der Waals surface area (Å²) in [6.07, 6.45) is 0.305. The van der Waals surface area contributed by atoms with E-state index in [1.165, 1.54) is 12.1 Å². The Balaban J connectivity index is 1.48. The highest BCUT2D eigenvalue weighted by Gasteiger charge is 2.74. The predicted molar refractivity (Wildman–Crippen MR) is 127 cm³/mol. The number of imide groups is 1. The van der Waals surface area contributed by atoms with Gasteiger partial charge in [0.2, 0.25) is 17.4 Å². The lowest BCUT2D eigenvalue weighted by Crippen LogP contribution is -2.99. The summed E-state index contributed by atoms with van der Waals surface area (Å²) < 4.78 is 0. The molecular weight excluding hydrogens is 470 g/mol. The third-order valence-electron chi connectivity index (χ3n) is 7.37. The van der Waals surface area contributed by atoms with Crippen LogP contribution in [0.2, 0.25) is 5.02 Å². The fourth-order valence-electron chi connectivity index (χ4n) is 5.92. The Labute approximate surface area is 205 Å².